The predicted octanol–water partition coefficient (Wildman–Crippen LogP) is 0.924. The van der Waals surface area contributed by atoms with Crippen LogP contribution in [0, 0.1) is 0 Å². The van der Waals surface area contributed by atoms with Crippen LogP contribution in [-0.2, 0) is 14.3 Å². The zero-order valence-corrected chi connectivity index (χ0v) is 13.0. The number of nitrogens with zero attached hydrogens (tertiary/aromatic N) is 3. The summed E-state index contributed by atoms with van der Waals surface area (Å²) in [5.41, 5.74) is 0. The second kappa shape index (κ2) is 7.07. The van der Waals surface area contributed by atoms with E-state index in [4.69, 9.17) is 9.47 Å². The third-order valence-corrected chi connectivity index (χ3v) is 4.26. The number of carbonyl (C=O) groups excluding carboxylic acids is 1. The average molecular weight is 305 g/mol. The number of pyridine rings is 1. The molecule has 1 aromatic rings. The van der Waals surface area contributed by atoms with Gasteiger partial charge in [0.1, 0.15) is 5.82 Å². The zero-order chi connectivity index (χ0) is 15.4. The van der Waals surface area contributed by atoms with Crippen molar-refractivity contribution in [1.29, 1.82) is 0 Å². The van der Waals surface area contributed by atoms with E-state index in [1.807, 2.05) is 30.0 Å². The van der Waals surface area contributed by atoms with Crippen LogP contribution in [0.2, 0.25) is 0 Å². The lowest BCUT2D eigenvalue weighted by Crippen LogP contribution is -2.51. The van der Waals surface area contributed by atoms with Gasteiger partial charge in [-0.15, -0.1) is 0 Å². The molecule has 2 saturated heterocycles. The first kappa shape index (κ1) is 15.2. The maximum atomic E-state index is 12.3. The molecule has 2 aliphatic rings. The van der Waals surface area contributed by atoms with E-state index < -0.39 is 0 Å². The quantitative estimate of drug-likeness (QED) is 0.757. The van der Waals surface area contributed by atoms with Crippen LogP contribution in [0.4, 0.5) is 5.82 Å². The first-order chi connectivity index (χ1) is 10.8. The molecule has 1 amide bonds. The highest BCUT2D eigenvalue weighted by Gasteiger charge is 2.42. The molecule has 120 valence electrons. The van der Waals surface area contributed by atoms with E-state index in [2.05, 4.69) is 9.88 Å². The van der Waals surface area contributed by atoms with Gasteiger partial charge in [0.2, 0.25) is 5.91 Å². The number of hydrogen-bond acceptors (Lipinski definition) is 5. The smallest absolute Gasteiger partial charge is 0.225 e. The lowest BCUT2D eigenvalue weighted by molar-refractivity contribution is -0.131. The number of morpholine rings is 1. The van der Waals surface area contributed by atoms with Crippen molar-refractivity contribution in [1.82, 2.24) is 9.88 Å². The van der Waals surface area contributed by atoms with E-state index in [0.717, 1.165) is 12.4 Å². The van der Waals surface area contributed by atoms with Crippen molar-refractivity contribution >= 4 is 11.7 Å². The number of amides is 1. The molecule has 0 spiro atoms. The predicted molar refractivity (Wildman–Crippen MR) is 82.8 cm³/mol. The fourth-order valence-corrected chi connectivity index (χ4v) is 3.16. The number of rotatable bonds is 5. The molecule has 0 aliphatic carbocycles. The summed E-state index contributed by atoms with van der Waals surface area (Å²) in [4.78, 5) is 20.9. The van der Waals surface area contributed by atoms with Gasteiger partial charge in [-0.05, 0) is 19.1 Å². The summed E-state index contributed by atoms with van der Waals surface area (Å²) >= 11 is 0. The summed E-state index contributed by atoms with van der Waals surface area (Å²) in [7, 11) is 0. The number of ether oxygens (including phenoxy) is 2. The summed E-state index contributed by atoms with van der Waals surface area (Å²) < 4.78 is 11.1. The summed E-state index contributed by atoms with van der Waals surface area (Å²) in [6.45, 7) is 5.94. The molecule has 6 nitrogen and oxygen atoms in total. The maximum Gasteiger partial charge on any atom is 0.225 e. The Morgan fingerprint density at radius 2 is 2.36 bits per heavy atom. The standard InChI is InChI=1S/C16H23N3O3/c1-2-21-9-6-16(20)18-11-13-14(12-18)22-10-8-19(13)15-5-3-4-7-17-15/h3-5,7,13-14H,2,6,8-12H2,1H3/t13-,14-/m0/s1. The van der Waals surface area contributed by atoms with Gasteiger partial charge in [-0.1, -0.05) is 6.07 Å². The van der Waals surface area contributed by atoms with Gasteiger partial charge in [0.15, 0.2) is 0 Å². The molecule has 1 aromatic heterocycles. The van der Waals surface area contributed by atoms with Crippen molar-refractivity contribution in [2.24, 2.45) is 0 Å². The number of fused-ring (bicyclic) bond motifs is 1. The maximum absolute atomic E-state index is 12.3. The van der Waals surface area contributed by atoms with Crippen molar-refractivity contribution in [3.63, 3.8) is 0 Å². The molecule has 0 unspecified atom stereocenters. The molecule has 3 rings (SSSR count). The molecule has 22 heavy (non-hydrogen) atoms. The van der Waals surface area contributed by atoms with Crippen LogP contribution in [0.25, 0.3) is 0 Å². The fraction of sp³-hybridized carbons (Fsp3) is 0.625. The van der Waals surface area contributed by atoms with Gasteiger partial charge in [0, 0.05) is 32.4 Å². The van der Waals surface area contributed by atoms with Crippen LogP contribution in [-0.4, -0.2) is 67.4 Å². The number of aromatic nitrogens is 1. The van der Waals surface area contributed by atoms with E-state index in [1.165, 1.54) is 0 Å². The first-order valence-corrected chi connectivity index (χ1v) is 7.94. The number of likely N-dealkylation sites (tertiary alicyclic amines) is 1. The Labute approximate surface area is 131 Å². The molecule has 6 heteroatoms. The van der Waals surface area contributed by atoms with Gasteiger partial charge in [-0.2, -0.15) is 0 Å². The average Bonchev–Trinajstić information content (AvgIpc) is 3.00. The third kappa shape index (κ3) is 3.23. The summed E-state index contributed by atoms with van der Waals surface area (Å²) in [5.74, 6) is 1.11. The highest BCUT2D eigenvalue weighted by molar-refractivity contribution is 5.77. The summed E-state index contributed by atoms with van der Waals surface area (Å²) in [5, 5.41) is 0. The van der Waals surface area contributed by atoms with E-state index in [0.29, 0.717) is 39.3 Å². The number of hydrogen-bond donors (Lipinski definition) is 0. The highest BCUT2D eigenvalue weighted by atomic mass is 16.5. The van der Waals surface area contributed by atoms with Crippen LogP contribution in [0.3, 0.4) is 0 Å². The van der Waals surface area contributed by atoms with Gasteiger partial charge in [0.25, 0.3) is 0 Å². The fourth-order valence-electron chi connectivity index (χ4n) is 3.16. The van der Waals surface area contributed by atoms with Gasteiger partial charge in [-0.3, -0.25) is 4.79 Å². The number of carbonyl (C=O) groups is 1. The van der Waals surface area contributed by atoms with Crippen LogP contribution in [0.1, 0.15) is 13.3 Å². The van der Waals surface area contributed by atoms with Crippen molar-refractivity contribution < 1.29 is 14.3 Å². The Bertz CT molecular complexity index is 497. The lowest BCUT2D eigenvalue weighted by Gasteiger charge is -2.37. The largest absolute Gasteiger partial charge is 0.381 e. The Morgan fingerprint density at radius 3 is 3.14 bits per heavy atom. The molecular weight excluding hydrogens is 282 g/mol. The molecule has 2 aliphatic heterocycles. The molecule has 0 radical (unpaired) electrons. The van der Waals surface area contributed by atoms with Gasteiger partial charge >= 0.3 is 0 Å². The minimum absolute atomic E-state index is 0.0757. The number of anilines is 1. The van der Waals surface area contributed by atoms with Gasteiger partial charge < -0.3 is 19.3 Å². The van der Waals surface area contributed by atoms with Crippen LogP contribution in [0.5, 0.6) is 0 Å². The summed E-state index contributed by atoms with van der Waals surface area (Å²) in [6.07, 6.45) is 2.32. The molecule has 0 aromatic carbocycles. The van der Waals surface area contributed by atoms with E-state index in [9.17, 15) is 4.79 Å². The van der Waals surface area contributed by atoms with Crippen LogP contribution >= 0.6 is 0 Å². The van der Waals surface area contributed by atoms with Crippen LogP contribution < -0.4 is 4.90 Å². The van der Waals surface area contributed by atoms with Crippen LogP contribution in [0.15, 0.2) is 24.4 Å². The molecule has 0 bridgehead atoms. The Balaban J connectivity index is 1.64. The SMILES string of the molecule is CCOCCC(=O)N1C[C@@H]2OCCN(c3ccccn3)[C@H]2C1. The first-order valence-electron chi connectivity index (χ1n) is 7.94. The Hall–Kier alpha value is -1.66. The van der Waals surface area contributed by atoms with Crippen molar-refractivity contribution in [3.8, 4) is 0 Å². The molecule has 3 heterocycles. The minimum atomic E-state index is 0.0757. The molecule has 2 atom stereocenters. The highest BCUT2D eigenvalue weighted by Crippen LogP contribution is 2.26. The normalized spacial score (nSPS) is 24.4. The molecule has 0 saturated carbocycles. The molecule has 2 fully saturated rings. The second-order valence-electron chi connectivity index (χ2n) is 5.60. The van der Waals surface area contributed by atoms with Crippen molar-refractivity contribution in [2.45, 2.75) is 25.5 Å². The van der Waals surface area contributed by atoms with Crippen molar-refractivity contribution in [3.05, 3.63) is 24.4 Å². The molecular formula is C16H23N3O3. The van der Waals surface area contributed by atoms with E-state index in [-0.39, 0.29) is 18.1 Å². The Kier molecular flexibility index (Phi) is 4.90. The lowest BCUT2D eigenvalue weighted by atomic mass is 10.1. The van der Waals surface area contributed by atoms with Gasteiger partial charge in [0.05, 0.1) is 31.8 Å². The Morgan fingerprint density at radius 1 is 1.45 bits per heavy atom. The topological polar surface area (TPSA) is 54.9 Å². The zero-order valence-electron chi connectivity index (χ0n) is 13.0. The third-order valence-electron chi connectivity index (χ3n) is 4.26. The second-order valence-corrected chi connectivity index (χ2v) is 5.60. The minimum Gasteiger partial charge on any atom is -0.381 e. The monoisotopic (exact) mass is 305 g/mol. The van der Waals surface area contributed by atoms with Crippen molar-refractivity contribution in [2.75, 3.05) is 44.4 Å². The molecule has 0 N–H and O–H groups in total. The van der Waals surface area contributed by atoms with E-state index in [1.54, 1.807) is 6.20 Å². The summed E-state index contributed by atoms with van der Waals surface area (Å²) in [6, 6.07) is 6.12. The van der Waals surface area contributed by atoms with E-state index >= 15 is 0 Å². The van der Waals surface area contributed by atoms with Gasteiger partial charge in [-0.25, -0.2) is 4.98 Å².